The molecule has 9 atom stereocenters. The van der Waals surface area contributed by atoms with Crippen LogP contribution in [0.5, 0.6) is 11.5 Å². The summed E-state index contributed by atoms with van der Waals surface area (Å²) in [6, 6.07) is 0.795. The molecule has 2 heterocycles. The standard InChI is InChI=1S/C50H71N13O13/c1-5-27(4)41(47(73)59-36(22-30-24-54-25-56-30)48(74)63-19-7-9-38(63)45(71)60-37(49(75)76)21-29-12-16-32(65)17-13-29)62-44(70)35(20-28-10-14-31(64)15-11-28)58-46(72)40(26(2)3)61-43(69)34(8-6-18-55-50(52)53)57-42(68)33(51)23-39(66)67/h10-17,24-27,33-38,40-41,64-65H,5-9,18-23,51H2,1-4H3,(H,54,56)(H,57,68)(H,58,72)(H,59,73)(H,60,71)(H,61,69)(H,62,70)(H,66,67)(H,75,76)(H4,52,53,55)/t27-,33-,34-,35-,36-,37-,38-,40-,41-/m0/s1. The lowest BCUT2D eigenvalue weighted by atomic mass is 9.96. The highest BCUT2D eigenvalue weighted by Crippen LogP contribution is 2.22. The normalized spacial score (nSPS) is 16.3. The Labute approximate surface area is 438 Å². The first kappa shape index (κ1) is 60.3. The number of benzene rings is 2. The second kappa shape index (κ2) is 29.0. The Balaban J connectivity index is 1.59. The molecule has 0 aliphatic carbocycles. The van der Waals surface area contributed by atoms with Gasteiger partial charge in [0.15, 0.2) is 5.96 Å². The number of nitrogens with two attached hydrogens (primary N) is 3. The van der Waals surface area contributed by atoms with Crippen molar-refractivity contribution in [2.75, 3.05) is 13.1 Å². The van der Waals surface area contributed by atoms with E-state index in [2.05, 4.69) is 46.9 Å². The van der Waals surface area contributed by atoms with Crippen LogP contribution in [-0.2, 0) is 62.4 Å². The molecule has 0 saturated carbocycles. The molecule has 0 spiro atoms. The monoisotopic (exact) mass is 1060 g/mol. The zero-order valence-electron chi connectivity index (χ0n) is 42.9. The number of phenolic OH excluding ortho intramolecular Hbond substituents is 2. The summed E-state index contributed by atoms with van der Waals surface area (Å²) in [5.74, 6) is -9.89. The first-order chi connectivity index (χ1) is 36.0. The molecular formula is C50H71N13O13. The van der Waals surface area contributed by atoms with Crippen molar-refractivity contribution >= 4 is 59.2 Å². The van der Waals surface area contributed by atoms with E-state index in [-0.39, 0.29) is 69.1 Å². The van der Waals surface area contributed by atoms with Crippen LogP contribution < -0.4 is 49.1 Å². The second-order valence-corrected chi connectivity index (χ2v) is 19.0. The first-order valence-electron chi connectivity index (χ1n) is 24.9. The van der Waals surface area contributed by atoms with Crippen molar-refractivity contribution in [1.29, 1.82) is 0 Å². The average Bonchev–Trinajstić information content (AvgIpc) is 4.09. The van der Waals surface area contributed by atoms with Crippen molar-refractivity contribution in [1.82, 2.24) is 46.8 Å². The van der Waals surface area contributed by atoms with Crippen molar-refractivity contribution in [3.8, 4) is 11.5 Å². The summed E-state index contributed by atoms with van der Waals surface area (Å²) in [6.45, 7) is 6.84. The van der Waals surface area contributed by atoms with Gasteiger partial charge in [-0.3, -0.25) is 43.3 Å². The predicted molar refractivity (Wildman–Crippen MR) is 274 cm³/mol. The number of hydrogen-bond donors (Lipinski definition) is 14. The van der Waals surface area contributed by atoms with Crippen molar-refractivity contribution in [2.45, 2.75) is 134 Å². The average molecular weight is 1060 g/mol. The van der Waals surface area contributed by atoms with E-state index in [4.69, 9.17) is 17.2 Å². The summed E-state index contributed by atoms with van der Waals surface area (Å²) < 4.78 is 0. The molecule has 0 bridgehead atoms. The lowest BCUT2D eigenvalue weighted by molar-refractivity contribution is -0.145. The molecule has 17 N–H and O–H groups in total. The van der Waals surface area contributed by atoms with Gasteiger partial charge in [-0.2, -0.15) is 0 Å². The number of carbonyl (C=O) groups is 9. The number of hydrogen-bond acceptors (Lipinski definition) is 14. The van der Waals surface area contributed by atoms with Gasteiger partial charge in [0.1, 0.15) is 53.8 Å². The molecule has 1 saturated heterocycles. The predicted octanol–water partition coefficient (Wildman–Crippen LogP) is -1.61. The van der Waals surface area contributed by atoms with Crippen LogP contribution in [0.15, 0.2) is 66.0 Å². The number of aromatic amines is 1. The van der Waals surface area contributed by atoms with E-state index in [1.807, 2.05) is 0 Å². The fourth-order valence-electron chi connectivity index (χ4n) is 8.33. The molecule has 414 valence electrons. The van der Waals surface area contributed by atoms with Crippen molar-refractivity contribution in [3.05, 3.63) is 77.9 Å². The van der Waals surface area contributed by atoms with Crippen LogP contribution in [0.25, 0.3) is 0 Å². The van der Waals surface area contributed by atoms with Gasteiger partial charge >= 0.3 is 11.9 Å². The molecular weight excluding hydrogens is 991 g/mol. The van der Waals surface area contributed by atoms with Crippen LogP contribution in [0.1, 0.15) is 83.0 Å². The molecule has 7 amide bonds. The number of carboxylic acid groups (broad SMARTS) is 2. The Morgan fingerprint density at radius 3 is 1.82 bits per heavy atom. The van der Waals surface area contributed by atoms with E-state index < -0.39 is 120 Å². The molecule has 0 radical (unpaired) electrons. The number of aromatic nitrogens is 2. The molecule has 3 aromatic rings. The number of aliphatic carboxylic acids is 2. The highest BCUT2D eigenvalue weighted by Gasteiger charge is 2.41. The third-order valence-electron chi connectivity index (χ3n) is 12.8. The van der Waals surface area contributed by atoms with E-state index in [1.54, 1.807) is 27.7 Å². The van der Waals surface area contributed by atoms with Crippen molar-refractivity contribution < 1.29 is 63.6 Å². The van der Waals surface area contributed by atoms with Crippen LogP contribution >= 0.6 is 0 Å². The van der Waals surface area contributed by atoms with E-state index in [1.165, 1.54) is 66.0 Å². The molecule has 1 aromatic heterocycles. The topological polar surface area (TPSA) is 429 Å². The summed E-state index contributed by atoms with van der Waals surface area (Å²) in [7, 11) is 0. The fourth-order valence-corrected chi connectivity index (χ4v) is 8.33. The van der Waals surface area contributed by atoms with Crippen LogP contribution in [0.2, 0.25) is 0 Å². The molecule has 1 fully saturated rings. The van der Waals surface area contributed by atoms with Crippen LogP contribution in [-0.4, -0.2) is 156 Å². The number of guanidine groups is 1. The molecule has 0 unspecified atom stereocenters. The van der Waals surface area contributed by atoms with Gasteiger partial charge < -0.3 is 79.4 Å². The second-order valence-electron chi connectivity index (χ2n) is 19.0. The Morgan fingerprint density at radius 1 is 0.724 bits per heavy atom. The number of phenols is 2. The minimum absolute atomic E-state index is 0.0242. The number of imidazole rings is 1. The van der Waals surface area contributed by atoms with Crippen molar-refractivity contribution in [2.24, 2.45) is 34.0 Å². The maximum Gasteiger partial charge on any atom is 0.326 e. The van der Waals surface area contributed by atoms with Gasteiger partial charge in [-0.05, 0) is 72.9 Å². The third kappa shape index (κ3) is 18.6. The number of carboxylic acids is 2. The number of H-pyrrole nitrogens is 1. The Bertz CT molecular complexity index is 2500. The number of carbonyl (C=O) groups excluding carboxylic acids is 7. The van der Waals surface area contributed by atoms with Gasteiger partial charge in [0.2, 0.25) is 41.4 Å². The molecule has 1 aliphatic heterocycles. The minimum atomic E-state index is -1.52. The Morgan fingerprint density at radius 2 is 1.28 bits per heavy atom. The van der Waals surface area contributed by atoms with Gasteiger partial charge in [0.25, 0.3) is 0 Å². The quantitative estimate of drug-likeness (QED) is 0.0211. The number of amides is 7. The zero-order chi connectivity index (χ0) is 56.2. The van der Waals surface area contributed by atoms with E-state index in [9.17, 15) is 63.6 Å². The maximum atomic E-state index is 14.6. The minimum Gasteiger partial charge on any atom is -0.508 e. The van der Waals surface area contributed by atoms with Crippen molar-refractivity contribution in [3.63, 3.8) is 0 Å². The molecule has 76 heavy (non-hydrogen) atoms. The zero-order valence-corrected chi connectivity index (χ0v) is 42.9. The summed E-state index contributed by atoms with van der Waals surface area (Å²) in [5, 5.41) is 54.7. The molecule has 1 aliphatic rings. The number of aromatic hydroxyl groups is 2. The smallest absolute Gasteiger partial charge is 0.326 e. The van der Waals surface area contributed by atoms with E-state index in [0.29, 0.717) is 29.7 Å². The van der Waals surface area contributed by atoms with Gasteiger partial charge in [-0.1, -0.05) is 58.4 Å². The Kier molecular flexibility index (Phi) is 23.0. The fraction of sp³-hybridized carbons (Fsp3) is 0.500. The largest absolute Gasteiger partial charge is 0.508 e. The summed E-state index contributed by atoms with van der Waals surface area (Å²) in [5.41, 5.74) is 18.1. The highest BCUT2D eigenvalue weighted by molar-refractivity contribution is 5.98. The summed E-state index contributed by atoms with van der Waals surface area (Å²) >= 11 is 0. The summed E-state index contributed by atoms with van der Waals surface area (Å²) in [4.78, 5) is 134. The first-order valence-corrected chi connectivity index (χ1v) is 24.9. The molecule has 4 rings (SSSR count). The number of aliphatic imine (C=N–C) groups is 1. The molecule has 26 nitrogen and oxygen atoms in total. The number of rotatable bonds is 29. The lowest BCUT2D eigenvalue weighted by Crippen LogP contribution is -2.62. The van der Waals surface area contributed by atoms with E-state index in [0.717, 1.165) is 0 Å². The molecule has 26 heteroatoms. The number of nitrogens with one attached hydrogen (secondary N) is 7. The summed E-state index contributed by atoms with van der Waals surface area (Å²) in [6.07, 6.45) is 2.66. The maximum absolute atomic E-state index is 14.6. The highest BCUT2D eigenvalue weighted by atomic mass is 16.4. The van der Waals surface area contributed by atoms with Gasteiger partial charge in [-0.25, -0.2) is 9.78 Å². The lowest BCUT2D eigenvalue weighted by Gasteiger charge is -2.32. The van der Waals surface area contributed by atoms with Crippen LogP contribution in [0, 0.1) is 11.8 Å². The Hall–Kier alpha value is -8.29. The van der Waals surface area contributed by atoms with Gasteiger partial charge in [-0.15, -0.1) is 0 Å². The number of likely N-dealkylation sites (tertiary alicyclic amines) is 1. The van der Waals surface area contributed by atoms with E-state index >= 15 is 0 Å². The van der Waals surface area contributed by atoms with Crippen LogP contribution in [0.4, 0.5) is 0 Å². The molecule has 2 aromatic carbocycles. The van der Waals surface area contributed by atoms with Crippen LogP contribution in [0.3, 0.4) is 0 Å². The number of nitrogens with zero attached hydrogens (tertiary/aromatic N) is 3. The van der Waals surface area contributed by atoms with Gasteiger partial charge in [0.05, 0.1) is 18.8 Å². The van der Waals surface area contributed by atoms with Gasteiger partial charge in [0, 0.05) is 44.2 Å². The SMILES string of the molecule is CC[C@H](C)[C@H](NC(=O)[C@H](Cc1ccc(O)cc1)NC(=O)[C@@H](NC(=O)[C@H](CCCN=C(N)N)NC(=O)[C@@H](N)CC(=O)O)C(C)C)C(=O)N[C@@H](Cc1cnc[nH]1)C(=O)N1CCC[C@H]1C(=O)N[C@@H](Cc1ccc(O)cc1)C(=O)O. The third-order valence-corrected chi connectivity index (χ3v) is 12.8.